The molecule has 6 heteroatoms. The Morgan fingerprint density at radius 3 is 2.76 bits per heavy atom. The van der Waals surface area contributed by atoms with E-state index >= 15 is 0 Å². The highest BCUT2D eigenvalue weighted by Gasteiger charge is 2.21. The fourth-order valence-electron chi connectivity index (χ4n) is 2.14. The van der Waals surface area contributed by atoms with Crippen LogP contribution in [0.3, 0.4) is 0 Å². The van der Waals surface area contributed by atoms with Gasteiger partial charge in [-0.3, -0.25) is 9.59 Å². The Morgan fingerprint density at radius 1 is 1.38 bits per heavy atom. The van der Waals surface area contributed by atoms with E-state index in [1.807, 2.05) is 25.1 Å². The van der Waals surface area contributed by atoms with Gasteiger partial charge in [0.1, 0.15) is 5.69 Å². The topological polar surface area (TPSA) is 83.6 Å². The number of carbonyl (C=O) groups is 2. The van der Waals surface area contributed by atoms with Gasteiger partial charge in [-0.1, -0.05) is 24.2 Å². The number of aromatic nitrogens is 1. The first-order valence-corrected chi connectivity index (χ1v) is 6.86. The number of fused-ring (bicyclic) bond motifs is 1. The zero-order valence-corrected chi connectivity index (χ0v) is 12.1. The van der Waals surface area contributed by atoms with Crippen LogP contribution in [0.1, 0.15) is 19.5 Å². The number of likely N-dealkylation sites (N-methyl/N-ethyl adjacent to an activating group) is 1. The Balaban J connectivity index is 2.10. The molecule has 1 amide bonds. The number of rotatable bonds is 6. The Kier molecular flexibility index (Phi) is 4.57. The van der Waals surface area contributed by atoms with Crippen LogP contribution in [0.5, 0.6) is 0 Å². The normalized spacial score (nSPS) is 12.3. The van der Waals surface area contributed by atoms with Gasteiger partial charge in [-0.2, -0.15) is 0 Å². The van der Waals surface area contributed by atoms with Crippen molar-refractivity contribution >= 4 is 22.8 Å². The van der Waals surface area contributed by atoms with Crippen molar-refractivity contribution in [3.05, 3.63) is 30.0 Å². The molecule has 0 radical (unpaired) electrons. The van der Waals surface area contributed by atoms with Crippen LogP contribution in [-0.4, -0.2) is 40.1 Å². The maximum atomic E-state index is 12.3. The molecule has 1 N–H and O–H groups in total. The summed E-state index contributed by atoms with van der Waals surface area (Å²) < 4.78 is 5.17. The molecule has 0 saturated carbocycles. The highest BCUT2D eigenvalue weighted by molar-refractivity contribution is 5.86. The highest BCUT2D eigenvalue weighted by atomic mass is 16.5. The lowest BCUT2D eigenvalue weighted by Crippen LogP contribution is -2.37. The summed E-state index contributed by atoms with van der Waals surface area (Å²) in [6.45, 7) is 4.07. The maximum Gasteiger partial charge on any atom is 0.308 e. The second kappa shape index (κ2) is 6.39. The van der Waals surface area contributed by atoms with E-state index in [2.05, 4.69) is 5.16 Å². The van der Waals surface area contributed by atoms with Crippen molar-refractivity contribution in [1.29, 1.82) is 0 Å². The second-order valence-electron chi connectivity index (χ2n) is 4.97. The third kappa shape index (κ3) is 3.39. The summed E-state index contributed by atoms with van der Waals surface area (Å²) in [6.07, 6.45) is 0.108. The average molecular weight is 290 g/mol. The number of carbonyl (C=O) groups excluding carboxylic acids is 1. The SMILES string of the molecule is CCN(CC(C)C(=O)O)C(=O)Cc1noc2ccccc12. The third-order valence-electron chi connectivity index (χ3n) is 3.42. The van der Waals surface area contributed by atoms with Gasteiger partial charge in [0, 0.05) is 18.5 Å². The molecule has 0 fully saturated rings. The number of nitrogens with zero attached hydrogens (tertiary/aromatic N) is 2. The number of hydrogen-bond acceptors (Lipinski definition) is 4. The fraction of sp³-hybridized carbons (Fsp3) is 0.400. The summed E-state index contributed by atoms with van der Waals surface area (Å²) in [5.74, 6) is -1.65. The minimum atomic E-state index is -0.909. The first kappa shape index (κ1) is 15.0. The molecule has 0 aliphatic rings. The first-order chi connectivity index (χ1) is 10.0. The van der Waals surface area contributed by atoms with Gasteiger partial charge < -0.3 is 14.5 Å². The van der Waals surface area contributed by atoms with Crippen LogP contribution in [0.15, 0.2) is 28.8 Å². The zero-order chi connectivity index (χ0) is 15.4. The second-order valence-corrected chi connectivity index (χ2v) is 4.97. The highest BCUT2D eigenvalue weighted by Crippen LogP contribution is 2.18. The number of hydrogen-bond donors (Lipinski definition) is 1. The molecule has 1 atom stereocenters. The number of carboxylic acid groups (broad SMARTS) is 1. The van der Waals surface area contributed by atoms with Crippen LogP contribution in [0.25, 0.3) is 11.0 Å². The molecule has 0 aliphatic heterocycles. The molecule has 21 heavy (non-hydrogen) atoms. The zero-order valence-electron chi connectivity index (χ0n) is 12.1. The minimum Gasteiger partial charge on any atom is -0.481 e. The fourth-order valence-corrected chi connectivity index (χ4v) is 2.14. The largest absolute Gasteiger partial charge is 0.481 e. The van der Waals surface area contributed by atoms with Crippen LogP contribution >= 0.6 is 0 Å². The molecule has 2 aromatic rings. The van der Waals surface area contributed by atoms with Crippen molar-refractivity contribution in [2.24, 2.45) is 5.92 Å². The third-order valence-corrected chi connectivity index (χ3v) is 3.42. The standard InChI is InChI=1S/C15H18N2O4/c1-3-17(9-10(2)15(19)20)14(18)8-12-11-6-4-5-7-13(11)21-16-12/h4-7,10H,3,8-9H2,1-2H3,(H,19,20). The molecule has 1 aromatic carbocycles. The summed E-state index contributed by atoms with van der Waals surface area (Å²) in [6, 6.07) is 7.34. The van der Waals surface area contributed by atoms with Gasteiger partial charge in [0.15, 0.2) is 5.58 Å². The summed E-state index contributed by atoms with van der Waals surface area (Å²) in [5.41, 5.74) is 1.22. The van der Waals surface area contributed by atoms with Gasteiger partial charge >= 0.3 is 5.97 Å². The van der Waals surface area contributed by atoms with Crippen LogP contribution in [0.4, 0.5) is 0 Å². The van der Waals surface area contributed by atoms with Gasteiger partial charge in [-0.25, -0.2) is 0 Å². The van der Waals surface area contributed by atoms with Gasteiger partial charge in [0.2, 0.25) is 5.91 Å². The summed E-state index contributed by atoms with van der Waals surface area (Å²) in [4.78, 5) is 24.7. The lowest BCUT2D eigenvalue weighted by molar-refractivity contribution is -0.142. The predicted octanol–water partition coefficient (Wildman–Crippen LogP) is 1.94. The Hall–Kier alpha value is -2.37. The lowest BCUT2D eigenvalue weighted by atomic mass is 10.1. The molecule has 0 aliphatic carbocycles. The van der Waals surface area contributed by atoms with Crippen LogP contribution in [0, 0.1) is 5.92 Å². The first-order valence-electron chi connectivity index (χ1n) is 6.86. The quantitative estimate of drug-likeness (QED) is 0.879. The van der Waals surface area contributed by atoms with Crippen molar-refractivity contribution in [3.8, 4) is 0 Å². The molecule has 0 bridgehead atoms. The van der Waals surface area contributed by atoms with Crippen molar-refractivity contribution in [2.75, 3.05) is 13.1 Å². The Labute approximate surface area is 122 Å². The Morgan fingerprint density at radius 2 is 2.10 bits per heavy atom. The molecule has 112 valence electrons. The minimum absolute atomic E-state index is 0.108. The van der Waals surface area contributed by atoms with E-state index in [0.717, 1.165) is 5.39 Å². The van der Waals surface area contributed by atoms with Gasteiger partial charge in [0.25, 0.3) is 0 Å². The number of benzene rings is 1. The number of para-hydroxylation sites is 1. The van der Waals surface area contributed by atoms with Crippen molar-refractivity contribution < 1.29 is 19.2 Å². The number of carboxylic acids is 1. The predicted molar refractivity (Wildman–Crippen MR) is 76.8 cm³/mol. The number of aliphatic carboxylic acids is 1. The summed E-state index contributed by atoms with van der Waals surface area (Å²) in [7, 11) is 0. The summed E-state index contributed by atoms with van der Waals surface area (Å²) in [5, 5.41) is 13.7. The molecule has 6 nitrogen and oxygen atoms in total. The van der Waals surface area contributed by atoms with Gasteiger partial charge in [0.05, 0.1) is 12.3 Å². The molecular formula is C15H18N2O4. The molecule has 1 unspecified atom stereocenters. The summed E-state index contributed by atoms with van der Waals surface area (Å²) >= 11 is 0. The van der Waals surface area contributed by atoms with E-state index in [1.165, 1.54) is 4.90 Å². The maximum absolute atomic E-state index is 12.3. The monoisotopic (exact) mass is 290 g/mol. The van der Waals surface area contributed by atoms with E-state index in [0.29, 0.717) is 17.8 Å². The molecule has 0 spiro atoms. The Bertz CT molecular complexity index is 650. The van der Waals surface area contributed by atoms with Crippen LogP contribution < -0.4 is 0 Å². The van der Waals surface area contributed by atoms with E-state index in [9.17, 15) is 9.59 Å². The smallest absolute Gasteiger partial charge is 0.308 e. The number of amides is 1. The average Bonchev–Trinajstić information content (AvgIpc) is 2.87. The molecule has 1 heterocycles. The van der Waals surface area contributed by atoms with Gasteiger partial charge in [-0.05, 0) is 19.1 Å². The van der Waals surface area contributed by atoms with E-state index in [-0.39, 0.29) is 18.9 Å². The van der Waals surface area contributed by atoms with Crippen LogP contribution in [-0.2, 0) is 16.0 Å². The van der Waals surface area contributed by atoms with E-state index < -0.39 is 11.9 Å². The van der Waals surface area contributed by atoms with Crippen molar-refractivity contribution in [1.82, 2.24) is 10.1 Å². The van der Waals surface area contributed by atoms with E-state index in [4.69, 9.17) is 9.63 Å². The molecule has 0 saturated heterocycles. The molecule has 2 rings (SSSR count). The van der Waals surface area contributed by atoms with Gasteiger partial charge in [-0.15, -0.1) is 0 Å². The lowest BCUT2D eigenvalue weighted by Gasteiger charge is -2.22. The van der Waals surface area contributed by atoms with Crippen LogP contribution in [0.2, 0.25) is 0 Å². The van der Waals surface area contributed by atoms with Crippen molar-refractivity contribution in [2.45, 2.75) is 20.3 Å². The molecule has 1 aromatic heterocycles. The van der Waals surface area contributed by atoms with Crippen molar-refractivity contribution in [3.63, 3.8) is 0 Å². The molecular weight excluding hydrogens is 272 g/mol. The van der Waals surface area contributed by atoms with E-state index in [1.54, 1.807) is 13.0 Å².